The molecule has 1 aliphatic rings. The van der Waals surface area contributed by atoms with Crippen LogP contribution in [-0.4, -0.2) is 37.1 Å². The van der Waals surface area contributed by atoms with E-state index >= 15 is 0 Å². The van der Waals surface area contributed by atoms with Crippen molar-refractivity contribution in [1.29, 1.82) is 0 Å². The molecule has 8 heteroatoms. The van der Waals surface area contributed by atoms with Gasteiger partial charge in [-0.25, -0.2) is 8.42 Å². The predicted molar refractivity (Wildman–Crippen MR) is 131 cm³/mol. The fourth-order valence-electron chi connectivity index (χ4n) is 4.43. The Kier molecular flexibility index (Phi) is 7.59. The van der Waals surface area contributed by atoms with Gasteiger partial charge in [-0.15, -0.1) is 0 Å². The first-order valence-corrected chi connectivity index (χ1v) is 12.7. The molecule has 0 bridgehead atoms. The Labute approximate surface area is 196 Å². The first-order chi connectivity index (χ1) is 15.5. The fourth-order valence-corrected chi connectivity index (χ4v) is 6.50. The van der Waals surface area contributed by atoms with Gasteiger partial charge in [0.2, 0.25) is 21.8 Å². The zero-order valence-corrected chi connectivity index (χ0v) is 20.8. The van der Waals surface area contributed by atoms with Gasteiger partial charge >= 0.3 is 0 Å². The van der Waals surface area contributed by atoms with Crippen LogP contribution in [0.3, 0.4) is 0 Å². The van der Waals surface area contributed by atoms with Crippen molar-refractivity contribution in [2.45, 2.75) is 64.8 Å². The summed E-state index contributed by atoms with van der Waals surface area (Å²) in [6.45, 7) is 9.79. The zero-order chi connectivity index (χ0) is 24.3. The van der Waals surface area contributed by atoms with E-state index in [2.05, 4.69) is 10.6 Å². The monoisotopic (exact) mass is 471 g/mol. The standard InChI is InChI=1S/C25H33N3O4S/c1-16(2)13-23(29)26-20-8-10-21(11-9-20)27-25(30)22-7-6-12-28(22)33(31,32)24-18(4)14-17(3)15-19(24)5/h8-11,14-16,22H,6-7,12-13H2,1-5H3,(H,26,29)(H,27,30). The number of nitrogens with one attached hydrogen (secondary N) is 2. The van der Waals surface area contributed by atoms with Gasteiger partial charge in [0.15, 0.2) is 0 Å². The van der Waals surface area contributed by atoms with Gasteiger partial charge in [0, 0.05) is 24.3 Å². The molecule has 2 amide bonds. The van der Waals surface area contributed by atoms with Gasteiger partial charge in [-0.2, -0.15) is 4.31 Å². The normalized spacial score (nSPS) is 16.7. The van der Waals surface area contributed by atoms with Gasteiger partial charge in [0.1, 0.15) is 6.04 Å². The summed E-state index contributed by atoms with van der Waals surface area (Å²) in [5, 5.41) is 5.66. The molecule has 1 aliphatic heterocycles. The lowest BCUT2D eigenvalue weighted by atomic mass is 10.1. The van der Waals surface area contributed by atoms with E-state index in [1.54, 1.807) is 38.1 Å². The molecule has 1 heterocycles. The van der Waals surface area contributed by atoms with Gasteiger partial charge in [-0.05, 0) is 74.9 Å². The van der Waals surface area contributed by atoms with E-state index in [0.717, 1.165) is 5.56 Å². The Morgan fingerprint density at radius 2 is 1.55 bits per heavy atom. The van der Waals surface area contributed by atoms with Crippen molar-refractivity contribution in [3.8, 4) is 0 Å². The van der Waals surface area contributed by atoms with Crippen LogP contribution in [0.15, 0.2) is 41.3 Å². The average molecular weight is 472 g/mol. The number of hydrogen-bond donors (Lipinski definition) is 2. The summed E-state index contributed by atoms with van der Waals surface area (Å²) in [6.07, 6.45) is 1.53. The van der Waals surface area contributed by atoms with Gasteiger partial charge < -0.3 is 10.6 Å². The summed E-state index contributed by atoms with van der Waals surface area (Å²) in [4.78, 5) is 25.2. The number of aryl methyl sites for hydroxylation is 3. The largest absolute Gasteiger partial charge is 0.326 e. The lowest BCUT2D eigenvalue weighted by molar-refractivity contribution is -0.119. The van der Waals surface area contributed by atoms with Crippen LogP contribution in [-0.2, 0) is 19.6 Å². The maximum Gasteiger partial charge on any atom is 0.244 e. The summed E-state index contributed by atoms with van der Waals surface area (Å²) in [6, 6.07) is 9.78. The summed E-state index contributed by atoms with van der Waals surface area (Å²) in [5.74, 6) is -0.146. The number of benzene rings is 2. The Hall–Kier alpha value is -2.71. The summed E-state index contributed by atoms with van der Waals surface area (Å²) >= 11 is 0. The third-order valence-electron chi connectivity index (χ3n) is 5.71. The van der Waals surface area contributed by atoms with Crippen LogP contribution >= 0.6 is 0 Å². The smallest absolute Gasteiger partial charge is 0.244 e. The molecule has 0 aromatic heterocycles. The number of nitrogens with zero attached hydrogens (tertiary/aromatic N) is 1. The summed E-state index contributed by atoms with van der Waals surface area (Å²) in [5.41, 5.74) is 3.58. The van der Waals surface area contributed by atoms with Crippen LogP contribution in [0.4, 0.5) is 11.4 Å². The Morgan fingerprint density at radius 1 is 1.00 bits per heavy atom. The Morgan fingerprint density at radius 3 is 2.09 bits per heavy atom. The highest BCUT2D eigenvalue weighted by atomic mass is 32.2. The molecule has 0 aliphatic carbocycles. The van der Waals surface area contributed by atoms with Crippen LogP contribution < -0.4 is 10.6 Å². The number of rotatable bonds is 7. The van der Waals surface area contributed by atoms with E-state index in [1.165, 1.54) is 4.31 Å². The minimum absolute atomic E-state index is 0.0599. The number of anilines is 2. The van der Waals surface area contributed by atoms with Crippen molar-refractivity contribution in [1.82, 2.24) is 4.31 Å². The molecule has 1 unspecified atom stereocenters. The molecule has 2 aromatic rings. The number of hydrogen-bond acceptors (Lipinski definition) is 4. The third-order valence-corrected chi connectivity index (χ3v) is 7.92. The SMILES string of the molecule is Cc1cc(C)c(S(=O)(=O)N2CCCC2C(=O)Nc2ccc(NC(=O)CC(C)C)cc2)c(C)c1. The van der Waals surface area contributed by atoms with Crippen LogP contribution in [0, 0.1) is 26.7 Å². The van der Waals surface area contributed by atoms with Crippen molar-refractivity contribution in [3.05, 3.63) is 53.1 Å². The number of sulfonamides is 1. The highest BCUT2D eigenvalue weighted by Gasteiger charge is 2.40. The van der Waals surface area contributed by atoms with Crippen molar-refractivity contribution in [2.24, 2.45) is 5.92 Å². The predicted octanol–water partition coefficient (Wildman–Crippen LogP) is 4.39. The number of carbonyl (C=O) groups is 2. The average Bonchev–Trinajstić information content (AvgIpc) is 3.19. The first-order valence-electron chi connectivity index (χ1n) is 11.3. The molecule has 0 radical (unpaired) electrons. The second-order valence-corrected chi connectivity index (χ2v) is 11.0. The van der Waals surface area contributed by atoms with E-state index in [4.69, 9.17) is 0 Å². The molecular weight excluding hydrogens is 438 g/mol. The van der Waals surface area contributed by atoms with Gasteiger partial charge in [-0.3, -0.25) is 9.59 Å². The maximum atomic E-state index is 13.5. The van der Waals surface area contributed by atoms with E-state index < -0.39 is 16.1 Å². The number of carbonyl (C=O) groups excluding carboxylic acids is 2. The molecule has 7 nitrogen and oxygen atoms in total. The van der Waals surface area contributed by atoms with Crippen molar-refractivity contribution in [2.75, 3.05) is 17.2 Å². The van der Waals surface area contributed by atoms with E-state index in [9.17, 15) is 18.0 Å². The second kappa shape index (κ2) is 10.1. The Balaban J connectivity index is 1.73. The highest BCUT2D eigenvalue weighted by molar-refractivity contribution is 7.89. The quantitative estimate of drug-likeness (QED) is 0.626. The van der Waals surface area contributed by atoms with Gasteiger partial charge in [0.05, 0.1) is 4.90 Å². The molecule has 33 heavy (non-hydrogen) atoms. The molecule has 0 saturated carbocycles. The van der Waals surface area contributed by atoms with Crippen molar-refractivity contribution < 1.29 is 18.0 Å². The molecule has 178 valence electrons. The second-order valence-electron chi connectivity index (χ2n) is 9.21. The summed E-state index contributed by atoms with van der Waals surface area (Å²) < 4.78 is 28.3. The van der Waals surface area contributed by atoms with Gasteiger partial charge in [-0.1, -0.05) is 31.5 Å². The van der Waals surface area contributed by atoms with E-state index in [1.807, 2.05) is 32.9 Å². The maximum absolute atomic E-state index is 13.5. The fraction of sp³-hybridized carbons (Fsp3) is 0.440. The Bertz CT molecular complexity index is 1120. The minimum Gasteiger partial charge on any atom is -0.326 e. The van der Waals surface area contributed by atoms with E-state index in [0.29, 0.717) is 48.3 Å². The van der Waals surface area contributed by atoms with Crippen LogP contribution in [0.25, 0.3) is 0 Å². The van der Waals surface area contributed by atoms with Crippen molar-refractivity contribution >= 4 is 33.2 Å². The third kappa shape index (κ3) is 5.81. The molecule has 1 fully saturated rings. The molecular formula is C25H33N3O4S. The van der Waals surface area contributed by atoms with Crippen LogP contribution in [0.5, 0.6) is 0 Å². The molecule has 0 spiro atoms. The zero-order valence-electron chi connectivity index (χ0n) is 19.9. The molecule has 1 saturated heterocycles. The molecule has 2 aromatic carbocycles. The van der Waals surface area contributed by atoms with Crippen molar-refractivity contribution in [3.63, 3.8) is 0 Å². The molecule has 1 atom stereocenters. The number of amides is 2. The van der Waals surface area contributed by atoms with Crippen LogP contribution in [0.1, 0.15) is 49.8 Å². The minimum atomic E-state index is -3.81. The lowest BCUT2D eigenvalue weighted by Crippen LogP contribution is -2.43. The molecule has 3 rings (SSSR count). The summed E-state index contributed by atoms with van der Waals surface area (Å²) in [7, 11) is -3.81. The highest BCUT2D eigenvalue weighted by Crippen LogP contribution is 2.31. The van der Waals surface area contributed by atoms with Crippen LogP contribution in [0.2, 0.25) is 0 Å². The topological polar surface area (TPSA) is 95.6 Å². The first kappa shape index (κ1) is 24.9. The molecule has 2 N–H and O–H groups in total. The van der Waals surface area contributed by atoms with E-state index in [-0.39, 0.29) is 22.6 Å². The van der Waals surface area contributed by atoms with Gasteiger partial charge in [0.25, 0.3) is 0 Å². The lowest BCUT2D eigenvalue weighted by Gasteiger charge is -2.25.